The molecule has 0 radical (unpaired) electrons. The van der Waals surface area contributed by atoms with Gasteiger partial charge in [-0.25, -0.2) is 18.4 Å². The molecule has 0 spiro atoms. The minimum Gasteiger partial charge on any atom is -0.251 e. The molecule has 3 aromatic rings. The first-order chi connectivity index (χ1) is 13.8. The van der Waals surface area contributed by atoms with E-state index in [0.717, 1.165) is 42.9 Å². The lowest BCUT2D eigenvalue weighted by atomic mass is 10.0. The molecular weight excluding hydrogens is 436 g/mol. The van der Waals surface area contributed by atoms with E-state index in [4.69, 9.17) is 0 Å². The fourth-order valence-corrected chi connectivity index (χ4v) is 3.36. The Labute approximate surface area is 166 Å². The zero-order valence-corrected chi connectivity index (χ0v) is 15.8. The first-order valence-corrected chi connectivity index (χ1v) is 9.95. The molecule has 0 aliphatic heterocycles. The van der Waals surface area contributed by atoms with Gasteiger partial charge >= 0.3 is 12.4 Å². The van der Waals surface area contributed by atoms with Gasteiger partial charge in [0.05, 0.1) is 17.5 Å². The molecule has 0 N–H and O–H groups in total. The number of rotatable bonds is 3. The molecule has 0 atom stereocenters. The number of halogens is 6. The Bertz CT molecular complexity index is 1190. The van der Waals surface area contributed by atoms with E-state index in [1.54, 1.807) is 0 Å². The molecule has 0 fully saturated rings. The van der Waals surface area contributed by atoms with Crippen molar-refractivity contribution in [3.05, 3.63) is 60.0 Å². The smallest absolute Gasteiger partial charge is 0.251 e. The van der Waals surface area contributed by atoms with Crippen LogP contribution < -0.4 is 0 Å². The summed E-state index contributed by atoms with van der Waals surface area (Å²) in [5.41, 5.74) is -3.36. The van der Waals surface area contributed by atoms with Gasteiger partial charge in [-0.1, -0.05) is 18.2 Å². The van der Waals surface area contributed by atoms with Gasteiger partial charge in [-0.05, 0) is 18.2 Å². The van der Waals surface area contributed by atoms with Gasteiger partial charge in [0.2, 0.25) is 0 Å². The first kappa shape index (κ1) is 21.7. The summed E-state index contributed by atoms with van der Waals surface area (Å²) < 4.78 is 103. The Morgan fingerprint density at radius 3 is 2.03 bits per heavy atom. The molecule has 0 saturated carbocycles. The third kappa shape index (κ3) is 4.42. The molecule has 0 amide bonds. The van der Waals surface area contributed by atoms with Crippen molar-refractivity contribution in [3.8, 4) is 22.6 Å². The minimum absolute atomic E-state index is 0.0335. The molecule has 12 heteroatoms. The van der Waals surface area contributed by atoms with Crippen LogP contribution in [0.4, 0.5) is 26.3 Å². The number of aromatic nitrogens is 3. The van der Waals surface area contributed by atoms with E-state index >= 15 is 0 Å². The van der Waals surface area contributed by atoms with Gasteiger partial charge in [-0.15, -0.1) is 0 Å². The van der Waals surface area contributed by atoms with Crippen LogP contribution in [0.1, 0.15) is 11.3 Å². The molecule has 0 saturated heterocycles. The summed E-state index contributed by atoms with van der Waals surface area (Å²) in [6, 6.07) is 5.88. The Morgan fingerprint density at radius 1 is 0.833 bits per heavy atom. The van der Waals surface area contributed by atoms with E-state index in [1.807, 2.05) is 0 Å². The fraction of sp³-hybridized carbons (Fsp3) is 0.167. The van der Waals surface area contributed by atoms with Gasteiger partial charge in [0, 0.05) is 23.6 Å². The van der Waals surface area contributed by atoms with Gasteiger partial charge in [-0.3, -0.25) is 4.98 Å². The summed E-state index contributed by atoms with van der Waals surface area (Å²) in [5.74, 6) is -0.282. The summed E-state index contributed by atoms with van der Waals surface area (Å²) in [6.07, 6.45) is -7.08. The lowest BCUT2D eigenvalue weighted by Crippen LogP contribution is -2.11. The number of alkyl halides is 6. The zero-order chi connectivity index (χ0) is 22.3. The molecule has 1 aromatic carbocycles. The third-order valence-electron chi connectivity index (χ3n) is 3.95. The summed E-state index contributed by atoms with van der Waals surface area (Å²) in [5, 5.41) is 0. The number of nitrogens with zero attached hydrogens (tertiary/aromatic N) is 3. The molecule has 0 unspecified atom stereocenters. The highest BCUT2D eigenvalue weighted by molar-refractivity contribution is 7.90. The molecule has 0 aliphatic carbocycles. The van der Waals surface area contributed by atoms with E-state index in [-0.39, 0.29) is 11.4 Å². The fourth-order valence-electron chi connectivity index (χ4n) is 2.60. The van der Waals surface area contributed by atoms with Crippen molar-refractivity contribution in [2.24, 2.45) is 0 Å². The van der Waals surface area contributed by atoms with Crippen molar-refractivity contribution in [2.75, 3.05) is 6.26 Å². The van der Waals surface area contributed by atoms with E-state index in [0.29, 0.717) is 6.07 Å². The van der Waals surface area contributed by atoms with Crippen LogP contribution in [0.2, 0.25) is 0 Å². The zero-order valence-electron chi connectivity index (χ0n) is 15.0. The summed E-state index contributed by atoms with van der Waals surface area (Å²) >= 11 is 0. The maximum absolute atomic E-state index is 13.4. The van der Waals surface area contributed by atoms with E-state index in [2.05, 4.69) is 15.0 Å². The van der Waals surface area contributed by atoms with Crippen molar-refractivity contribution in [3.63, 3.8) is 0 Å². The summed E-state index contributed by atoms with van der Waals surface area (Å²) in [4.78, 5) is 10.4. The second-order valence-corrected chi connectivity index (χ2v) is 8.14. The van der Waals surface area contributed by atoms with Gasteiger partial charge in [0.25, 0.3) is 0 Å². The predicted molar refractivity (Wildman–Crippen MR) is 93.8 cm³/mol. The van der Waals surface area contributed by atoms with Crippen molar-refractivity contribution < 1.29 is 34.8 Å². The van der Waals surface area contributed by atoms with E-state index in [9.17, 15) is 34.8 Å². The quantitative estimate of drug-likeness (QED) is 0.547. The van der Waals surface area contributed by atoms with Crippen LogP contribution in [-0.4, -0.2) is 29.6 Å². The van der Waals surface area contributed by atoms with Gasteiger partial charge in [-0.2, -0.15) is 26.3 Å². The molecule has 2 heterocycles. The number of pyridine rings is 1. The molecule has 30 heavy (non-hydrogen) atoms. The van der Waals surface area contributed by atoms with Crippen molar-refractivity contribution in [1.82, 2.24) is 15.0 Å². The third-order valence-corrected chi connectivity index (χ3v) is 5.05. The highest BCUT2D eigenvalue weighted by Crippen LogP contribution is 2.38. The van der Waals surface area contributed by atoms with E-state index in [1.165, 1.54) is 6.07 Å². The highest BCUT2D eigenvalue weighted by Gasteiger charge is 2.35. The average Bonchev–Trinajstić information content (AvgIpc) is 2.65. The number of benzene rings is 1. The second-order valence-electron chi connectivity index (χ2n) is 6.15. The topological polar surface area (TPSA) is 72.8 Å². The lowest BCUT2D eigenvalue weighted by Gasteiger charge is -2.15. The largest absolute Gasteiger partial charge is 0.433 e. The average molecular weight is 447 g/mol. The monoisotopic (exact) mass is 447 g/mol. The van der Waals surface area contributed by atoms with E-state index < -0.39 is 49.6 Å². The van der Waals surface area contributed by atoms with Crippen LogP contribution in [-0.2, 0) is 22.2 Å². The Kier molecular flexibility index (Phi) is 5.31. The number of sulfone groups is 1. The van der Waals surface area contributed by atoms with Crippen molar-refractivity contribution >= 4 is 9.84 Å². The Balaban J connectivity index is 2.23. The van der Waals surface area contributed by atoms with Crippen LogP contribution >= 0.6 is 0 Å². The number of hydrogen-bond acceptors (Lipinski definition) is 5. The normalized spacial score (nSPS) is 12.8. The highest BCUT2D eigenvalue weighted by atomic mass is 32.2. The van der Waals surface area contributed by atoms with Crippen LogP contribution in [0.5, 0.6) is 0 Å². The van der Waals surface area contributed by atoms with Crippen LogP contribution in [0, 0.1) is 0 Å². The van der Waals surface area contributed by atoms with Gasteiger partial charge < -0.3 is 0 Å². The molecule has 3 rings (SSSR count). The molecule has 0 aliphatic rings. The molecule has 158 valence electrons. The van der Waals surface area contributed by atoms with Crippen LogP contribution in [0.3, 0.4) is 0 Å². The SMILES string of the molecule is CS(=O)(=O)c1cnc(-c2ccc(C(F)(F)F)nc2)nc1-c1ccccc1C(F)(F)F. The summed E-state index contributed by atoms with van der Waals surface area (Å²) in [7, 11) is -4.03. The maximum atomic E-state index is 13.4. The van der Waals surface area contributed by atoms with Gasteiger partial charge in [0.15, 0.2) is 15.7 Å². The maximum Gasteiger partial charge on any atom is 0.433 e. The Hall–Kier alpha value is -3.02. The molecular formula is C18H11F6N3O2S. The lowest BCUT2D eigenvalue weighted by molar-refractivity contribution is -0.141. The van der Waals surface area contributed by atoms with Crippen molar-refractivity contribution in [2.45, 2.75) is 17.2 Å². The molecule has 5 nitrogen and oxygen atoms in total. The molecule has 0 bridgehead atoms. The minimum atomic E-state index is -4.80. The predicted octanol–water partition coefficient (Wildman–Crippen LogP) is 4.65. The first-order valence-electron chi connectivity index (χ1n) is 8.06. The summed E-state index contributed by atoms with van der Waals surface area (Å²) in [6.45, 7) is 0. The Morgan fingerprint density at radius 2 is 1.50 bits per heavy atom. The molecule has 2 aromatic heterocycles. The van der Waals surface area contributed by atoms with Crippen molar-refractivity contribution in [1.29, 1.82) is 0 Å². The standard InChI is InChI=1S/C18H11F6N3O2S/c1-30(28,29)13-9-26-16(10-6-7-14(25-8-10)18(22,23)24)27-15(13)11-4-2-3-5-12(11)17(19,20)21/h2-9H,1H3. The number of hydrogen-bond donors (Lipinski definition) is 0. The van der Waals surface area contributed by atoms with Crippen LogP contribution in [0.25, 0.3) is 22.6 Å². The second kappa shape index (κ2) is 7.35. The van der Waals surface area contributed by atoms with Crippen LogP contribution in [0.15, 0.2) is 53.7 Å². The van der Waals surface area contributed by atoms with Gasteiger partial charge in [0.1, 0.15) is 10.6 Å².